The first-order chi connectivity index (χ1) is 16.9. The van der Waals surface area contributed by atoms with Crippen molar-refractivity contribution >= 4 is 25.9 Å². The number of aromatic nitrogens is 2. The zero-order chi connectivity index (χ0) is 26.5. The Kier molecular flexibility index (Phi) is 8.31. The fourth-order valence-corrected chi connectivity index (χ4v) is 4.15. The van der Waals surface area contributed by atoms with Crippen molar-refractivity contribution < 1.29 is 23.1 Å². The third kappa shape index (κ3) is 6.79. The molecule has 0 atom stereocenters. The number of methoxy groups -OCH3 is 1. The van der Waals surface area contributed by atoms with Gasteiger partial charge in [-0.1, -0.05) is 20.8 Å². The summed E-state index contributed by atoms with van der Waals surface area (Å²) < 4.78 is 31.5. The fraction of sp³-hybridized carbons (Fsp3) is 0.346. The maximum Gasteiger partial charge on any atom is 0.412 e. The quantitative estimate of drug-likeness (QED) is 0.213. The molecule has 0 bridgehead atoms. The van der Waals surface area contributed by atoms with E-state index in [0.29, 0.717) is 40.6 Å². The number of anilines is 2. The Morgan fingerprint density at radius 3 is 2.53 bits per heavy atom. The Morgan fingerprint density at radius 2 is 1.83 bits per heavy atom. The summed E-state index contributed by atoms with van der Waals surface area (Å²) in [5.74, 6) is 0.172. The summed E-state index contributed by atoms with van der Waals surface area (Å²) in [6.07, 6.45) is 0.887. The summed E-state index contributed by atoms with van der Waals surface area (Å²) in [4.78, 5) is 20.3. The van der Waals surface area contributed by atoms with Gasteiger partial charge in [-0.25, -0.2) is 19.2 Å². The molecule has 0 aliphatic heterocycles. The summed E-state index contributed by atoms with van der Waals surface area (Å²) in [5.41, 5.74) is 8.37. The van der Waals surface area contributed by atoms with Crippen LogP contribution in [0.5, 0.6) is 5.88 Å². The molecule has 1 aromatic carbocycles. The largest absolute Gasteiger partial charge is 0.475 e. The van der Waals surface area contributed by atoms with Gasteiger partial charge in [0.05, 0.1) is 19.4 Å². The molecule has 3 rings (SSSR count). The standard InChI is InChI=1S/C26H33FN4O4Si/c1-26(2,3)36(5,6)35-12-11-34-24-15-18(20-16-19(28)7-8-21(20)27)13-22(30-24)17-9-10-29-23(14-17)31-25(32)33-4/h7-10,13-16H,11-12,28H2,1-6H3,(H,29,31,32). The van der Waals surface area contributed by atoms with Crippen molar-refractivity contribution in [3.8, 4) is 28.3 Å². The van der Waals surface area contributed by atoms with Crippen LogP contribution in [-0.4, -0.2) is 44.7 Å². The molecular formula is C26H33FN4O4Si. The van der Waals surface area contributed by atoms with Gasteiger partial charge in [-0.15, -0.1) is 0 Å². The third-order valence-electron chi connectivity index (χ3n) is 6.18. The molecule has 192 valence electrons. The minimum absolute atomic E-state index is 0.0837. The van der Waals surface area contributed by atoms with Crippen molar-refractivity contribution in [1.82, 2.24) is 9.97 Å². The number of nitrogens with one attached hydrogen (secondary N) is 1. The van der Waals surface area contributed by atoms with Gasteiger partial charge in [-0.05, 0) is 60.1 Å². The summed E-state index contributed by atoms with van der Waals surface area (Å²) in [7, 11) is -0.656. The zero-order valence-corrected chi connectivity index (χ0v) is 22.5. The van der Waals surface area contributed by atoms with E-state index in [1.807, 2.05) is 0 Å². The van der Waals surface area contributed by atoms with Gasteiger partial charge in [-0.3, -0.25) is 5.32 Å². The van der Waals surface area contributed by atoms with Gasteiger partial charge in [0.15, 0.2) is 8.32 Å². The first kappa shape index (κ1) is 27.1. The van der Waals surface area contributed by atoms with Crippen LogP contribution in [-0.2, 0) is 9.16 Å². The lowest BCUT2D eigenvalue weighted by atomic mass is 10.0. The molecule has 3 aromatic rings. The molecule has 1 amide bonds. The summed E-state index contributed by atoms with van der Waals surface area (Å²) in [6.45, 7) is 11.6. The lowest BCUT2D eigenvalue weighted by Crippen LogP contribution is -2.41. The molecule has 0 radical (unpaired) electrons. The normalized spacial score (nSPS) is 11.8. The van der Waals surface area contributed by atoms with E-state index in [2.05, 4.69) is 53.9 Å². The third-order valence-corrected chi connectivity index (χ3v) is 10.7. The van der Waals surface area contributed by atoms with E-state index >= 15 is 0 Å². The summed E-state index contributed by atoms with van der Waals surface area (Å²) >= 11 is 0. The highest BCUT2D eigenvalue weighted by Gasteiger charge is 2.36. The van der Waals surface area contributed by atoms with E-state index in [1.165, 1.54) is 25.4 Å². The molecule has 0 unspecified atom stereocenters. The number of nitrogens with two attached hydrogens (primary N) is 1. The molecule has 8 nitrogen and oxygen atoms in total. The van der Waals surface area contributed by atoms with E-state index in [9.17, 15) is 9.18 Å². The molecule has 36 heavy (non-hydrogen) atoms. The second kappa shape index (κ2) is 11.0. The molecule has 0 saturated heterocycles. The molecule has 0 saturated carbocycles. The minimum atomic E-state index is -1.92. The Morgan fingerprint density at radius 1 is 1.08 bits per heavy atom. The lowest BCUT2D eigenvalue weighted by Gasteiger charge is -2.36. The molecule has 10 heteroatoms. The maximum atomic E-state index is 14.7. The van der Waals surface area contributed by atoms with Gasteiger partial charge in [-0.2, -0.15) is 0 Å². The highest BCUT2D eigenvalue weighted by molar-refractivity contribution is 6.74. The van der Waals surface area contributed by atoms with Crippen LogP contribution in [0.3, 0.4) is 0 Å². The van der Waals surface area contributed by atoms with E-state index < -0.39 is 20.2 Å². The number of hydrogen-bond donors (Lipinski definition) is 2. The van der Waals surface area contributed by atoms with Gasteiger partial charge in [0.1, 0.15) is 18.2 Å². The van der Waals surface area contributed by atoms with Gasteiger partial charge in [0.25, 0.3) is 0 Å². The molecule has 0 aliphatic rings. The van der Waals surface area contributed by atoms with Crippen molar-refractivity contribution in [3.63, 3.8) is 0 Å². The smallest absolute Gasteiger partial charge is 0.412 e. The molecule has 0 spiro atoms. The number of amides is 1. The molecule has 2 heterocycles. The SMILES string of the molecule is COC(=O)Nc1cc(-c2cc(-c3cc(N)ccc3F)cc(OCCO[Si](C)(C)C(C)(C)C)n2)ccn1. The van der Waals surface area contributed by atoms with Crippen LogP contribution in [0.4, 0.5) is 20.7 Å². The highest BCUT2D eigenvalue weighted by atomic mass is 28.4. The number of carbonyl (C=O) groups is 1. The second-order valence-electron chi connectivity index (χ2n) is 9.82. The Hall–Kier alpha value is -3.50. The van der Waals surface area contributed by atoms with Gasteiger partial charge in [0.2, 0.25) is 5.88 Å². The number of nitrogens with zero attached hydrogens (tertiary/aromatic N) is 2. The van der Waals surface area contributed by atoms with E-state index in [4.69, 9.17) is 14.9 Å². The molecule has 3 N–H and O–H groups in total. The molecule has 0 fully saturated rings. The summed E-state index contributed by atoms with van der Waals surface area (Å²) in [5, 5.41) is 2.61. The van der Waals surface area contributed by atoms with Crippen molar-refractivity contribution in [2.45, 2.75) is 38.9 Å². The maximum absolute atomic E-state index is 14.7. The van der Waals surface area contributed by atoms with Crippen LogP contribution in [0.2, 0.25) is 18.1 Å². The highest BCUT2D eigenvalue weighted by Crippen LogP contribution is 2.36. The van der Waals surface area contributed by atoms with Gasteiger partial charge < -0.3 is 19.6 Å². The Balaban J connectivity index is 1.93. The predicted octanol–water partition coefficient (Wildman–Crippen LogP) is 6.11. The van der Waals surface area contributed by atoms with E-state index in [1.54, 1.807) is 30.3 Å². The average Bonchev–Trinajstić information content (AvgIpc) is 2.82. The van der Waals surface area contributed by atoms with Crippen LogP contribution in [0.15, 0.2) is 48.7 Å². The van der Waals surface area contributed by atoms with Crippen molar-refractivity contribution in [2.75, 3.05) is 31.4 Å². The average molecular weight is 513 g/mol. The fourth-order valence-electron chi connectivity index (χ4n) is 3.12. The number of pyridine rings is 2. The topological polar surface area (TPSA) is 109 Å². The molecule has 2 aromatic heterocycles. The molecule has 0 aliphatic carbocycles. The number of rotatable bonds is 8. The predicted molar refractivity (Wildman–Crippen MR) is 142 cm³/mol. The second-order valence-corrected chi connectivity index (χ2v) is 14.6. The number of nitrogen functional groups attached to an aromatic ring is 1. The van der Waals surface area contributed by atoms with Crippen LogP contribution in [0.25, 0.3) is 22.4 Å². The van der Waals surface area contributed by atoms with Crippen molar-refractivity contribution in [2.24, 2.45) is 0 Å². The number of halogens is 1. The van der Waals surface area contributed by atoms with Gasteiger partial charge >= 0.3 is 6.09 Å². The Labute approximate surface area is 212 Å². The summed E-state index contributed by atoms with van der Waals surface area (Å²) in [6, 6.07) is 11.2. The van der Waals surface area contributed by atoms with E-state index in [0.717, 1.165) is 0 Å². The van der Waals surface area contributed by atoms with Crippen molar-refractivity contribution in [3.05, 3.63) is 54.5 Å². The van der Waals surface area contributed by atoms with Crippen LogP contribution in [0.1, 0.15) is 20.8 Å². The lowest BCUT2D eigenvalue weighted by molar-refractivity contribution is 0.187. The first-order valence-corrected chi connectivity index (χ1v) is 14.5. The molecular weight excluding hydrogens is 479 g/mol. The number of benzene rings is 1. The number of hydrogen-bond acceptors (Lipinski definition) is 7. The van der Waals surface area contributed by atoms with Gasteiger partial charge in [0, 0.05) is 29.1 Å². The minimum Gasteiger partial charge on any atom is -0.475 e. The Bertz CT molecular complexity index is 1230. The van der Waals surface area contributed by atoms with Crippen LogP contribution >= 0.6 is 0 Å². The van der Waals surface area contributed by atoms with Crippen LogP contribution in [0, 0.1) is 5.82 Å². The van der Waals surface area contributed by atoms with E-state index in [-0.39, 0.29) is 17.5 Å². The number of ether oxygens (including phenoxy) is 2. The number of carbonyl (C=O) groups excluding carboxylic acids is 1. The van der Waals surface area contributed by atoms with Crippen molar-refractivity contribution in [1.29, 1.82) is 0 Å². The zero-order valence-electron chi connectivity index (χ0n) is 21.5. The van der Waals surface area contributed by atoms with Crippen LogP contribution < -0.4 is 15.8 Å². The first-order valence-electron chi connectivity index (χ1n) is 11.6. The monoisotopic (exact) mass is 512 g/mol.